The number of hydrogen-bond donors (Lipinski definition) is 2. The van der Waals surface area contributed by atoms with E-state index in [1.165, 1.54) is 0 Å². The average molecular weight is 212 g/mol. The first-order chi connectivity index (χ1) is 7.14. The van der Waals surface area contributed by atoms with Crippen LogP contribution in [0.15, 0.2) is 0 Å². The number of carboxylic acids is 1. The van der Waals surface area contributed by atoms with Gasteiger partial charge >= 0.3 is 5.97 Å². The fraction of sp³-hybridized carbons (Fsp3) is 0.800. The maximum absolute atomic E-state index is 11.5. The molecule has 1 aliphatic heterocycles. The summed E-state index contributed by atoms with van der Waals surface area (Å²) in [6.45, 7) is 1.80. The molecule has 1 amide bonds. The van der Waals surface area contributed by atoms with Crippen molar-refractivity contribution in [3.05, 3.63) is 0 Å². The molecule has 84 valence electrons. The first-order valence-electron chi connectivity index (χ1n) is 5.40. The second-order valence-electron chi connectivity index (χ2n) is 4.33. The maximum atomic E-state index is 11.5. The van der Waals surface area contributed by atoms with Crippen molar-refractivity contribution < 1.29 is 14.7 Å². The second kappa shape index (κ2) is 3.81. The van der Waals surface area contributed by atoms with Gasteiger partial charge < -0.3 is 10.0 Å². The van der Waals surface area contributed by atoms with Gasteiger partial charge in [0.25, 0.3) is 0 Å². The molecular weight excluding hydrogens is 196 g/mol. The van der Waals surface area contributed by atoms with Crippen molar-refractivity contribution in [2.24, 2.45) is 0 Å². The molecule has 1 aliphatic carbocycles. The molecule has 1 saturated heterocycles. The van der Waals surface area contributed by atoms with Crippen molar-refractivity contribution in [2.75, 3.05) is 19.6 Å². The Kier molecular flexibility index (Phi) is 2.65. The molecule has 15 heavy (non-hydrogen) atoms. The highest BCUT2D eigenvalue weighted by atomic mass is 16.4. The van der Waals surface area contributed by atoms with E-state index in [9.17, 15) is 9.59 Å². The van der Waals surface area contributed by atoms with Gasteiger partial charge in [-0.15, -0.1) is 0 Å². The van der Waals surface area contributed by atoms with Crippen LogP contribution in [0, 0.1) is 0 Å². The van der Waals surface area contributed by atoms with Gasteiger partial charge in [0.1, 0.15) is 5.54 Å². The van der Waals surface area contributed by atoms with Crippen LogP contribution in [0.4, 0.5) is 0 Å². The second-order valence-corrected chi connectivity index (χ2v) is 4.33. The molecule has 2 rings (SSSR count). The minimum absolute atomic E-state index is 0.0220. The first kappa shape index (κ1) is 10.4. The van der Waals surface area contributed by atoms with Crippen molar-refractivity contribution in [3.63, 3.8) is 0 Å². The fourth-order valence-corrected chi connectivity index (χ4v) is 1.92. The Labute approximate surface area is 88.4 Å². The predicted octanol–water partition coefficient (Wildman–Crippen LogP) is -0.184. The van der Waals surface area contributed by atoms with Crippen molar-refractivity contribution >= 4 is 11.9 Å². The number of amides is 1. The van der Waals surface area contributed by atoms with Crippen molar-refractivity contribution in [3.8, 4) is 0 Å². The number of rotatable bonds is 4. The number of hydrogen-bond acceptors (Lipinski definition) is 3. The summed E-state index contributed by atoms with van der Waals surface area (Å²) in [5.41, 5.74) is -0.819. The summed E-state index contributed by atoms with van der Waals surface area (Å²) in [7, 11) is 0. The number of nitrogens with one attached hydrogen (secondary N) is 1. The summed E-state index contributed by atoms with van der Waals surface area (Å²) in [4.78, 5) is 24.2. The van der Waals surface area contributed by atoms with E-state index in [4.69, 9.17) is 5.11 Å². The van der Waals surface area contributed by atoms with Crippen LogP contribution in [-0.2, 0) is 9.59 Å². The summed E-state index contributed by atoms with van der Waals surface area (Å²) in [6.07, 6.45) is 3.26. The number of nitrogens with zero attached hydrogens (tertiary/aromatic N) is 1. The molecular formula is C10H16N2O3. The SMILES string of the molecule is O=C(CNC1(C(=O)O)CCC1)N1CCC1. The van der Waals surface area contributed by atoms with Gasteiger partial charge in [-0.25, -0.2) is 0 Å². The zero-order valence-corrected chi connectivity index (χ0v) is 8.66. The van der Waals surface area contributed by atoms with E-state index in [1.54, 1.807) is 4.90 Å². The summed E-state index contributed by atoms with van der Waals surface area (Å²) in [6, 6.07) is 0. The lowest BCUT2D eigenvalue weighted by molar-refractivity contribution is -0.149. The third-order valence-corrected chi connectivity index (χ3v) is 3.40. The summed E-state index contributed by atoms with van der Waals surface area (Å²) in [5, 5.41) is 11.9. The molecule has 0 atom stereocenters. The highest BCUT2D eigenvalue weighted by Crippen LogP contribution is 2.31. The number of likely N-dealkylation sites (tertiary alicyclic amines) is 1. The fourth-order valence-electron chi connectivity index (χ4n) is 1.92. The Balaban J connectivity index is 1.80. The first-order valence-corrected chi connectivity index (χ1v) is 5.40. The molecule has 0 aromatic heterocycles. The minimum atomic E-state index is -0.829. The lowest BCUT2D eigenvalue weighted by atomic mass is 9.77. The van der Waals surface area contributed by atoms with Gasteiger partial charge in [0.2, 0.25) is 5.91 Å². The zero-order valence-electron chi connectivity index (χ0n) is 8.66. The van der Waals surface area contributed by atoms with Crippen LogP contribution in [-0.4, -0.2) is 47.1 Å². The molecule has 0 aromatic carbocycles. The molecule has 0 spiro atoms. The molecule has 2 aliphatic rings. The van der Waals surface area contributed by atoms with E-state index < -0.39 is 11.5 Å². The molecule has 0 unspecified atom stereocenters. The minimum Gasteiger partial charge on any atom is -0.480 e. The van der Waals surface area contributed by atoms with E-state index in [2.05, 4.69) is 5.32 Å². The quantitative estimate of drug-likeness (QED) is 0.678. The molecule has 0 aromatic rings. The molecule has 5 heteroatoms. The molecule has 2 fully saturated rings. The lowest BCUT2D eigenvalue weighted by Gasteiger charge is -2.39. The van der Waals surface area contributed by atoms with Crippen LogP contribution in [0.1, 0.15) is 25.7 Å². The number of carbonyl (C=O) groups excluding carboxylic acids is 1. The number of carbonyl (C=O) groups is 2. The van der Waals surface area contributed by atoms with Gasteiger partial charge in [-0.3, -0.25) is 14.9 Å². The van der Waals surface area contributed by atoms with Crippen molar-refractivity contribution in [1.82, 2.24) is 10.2 Å². The third kappa shape index (κ3) is 1.84. The van der Waals surface area contributed by atoms with Crippen LogP contribution in [0.5, 0.6) is 0 Å². The van der Waals surface area contributed by atoms with Crippen molar-refractivity contribution in [2.45, 2.75) is 31.2 Å². The van der Waals surface area contributed by atoms with Gasteiger partial charge in [-0.05, 0) is 25.7 Å². The molecule has 0 radical (unpaired) electrons. The lowest BCUT2D eigenvalue weighted by Crippen LogP contribution is -2.60. The van der Waals surface area contributed by atoms with E-state index in [0.29, 0.717) is 12.8 Å². The molecule has 0 bridgehead atoms. The summed E-state index contributed by atoms with van der Waals surface area (Å²) >= 11 is 0. The van der Waals surface area contributed by atoms with E-state index >= 15 is 0 Å². The van der Waals surface area contributed by atoms with E-state index in [1.807, 2.05) is 0 Å². The van der Waals surface area contributed by atoms with E-state index in [0.717, 1.165) is 25.9 Å². The average Bonchev–Trinajstić information content (AvgIpc) is 1.97. The Morgan fingerprint density at radius 2 is 1.93 bits per heavy atom. The topological polar surface area (TPSA) is 69.6 Å². The zero-order chi connectivity index (χ0) is 10.9. The van der Waals surface area contributed by atoms with Gasteiger partial charge in [0.15, 0.2) is 0 Å². The van der Waals surface area contributed by atoms with Gasteiger partial charge in [0.05, 0.1) is 6.54 Å². The summed E-state index contributed by atoms with van der Waals surface area (Å²) in [5.74, 6) is -0.807. The summed E-state index contributed by atoms with van der Waals surface area (Å²) < 4.78 is 0. The molecule has 1 heterocycles. The van der Waals surface area contributed by atoms with Crippen LogP contribution in [0.3, 0.4) is 0 Å². The highest BCUT2D eigenvalue weighted by Gasteiger charge is 2.44. The maximum Gasteiger partial charge on any atom is 0.323 e. The van der Waals surface area contributed by atoms with Crippen molar-refractivity contribution in [1.29, 1.82) is 0 Å². The van der Waals surface area contributed by atoms with Crippen LogP contribution >= 0.6 is 0 Å². The van der Waals surface area contributed by atoms with E-state index in [-0.39, 0.29) is 12.5 Å². The molecule has 1 saturated carbocycles. The normalized spacial score (nSPS) is 22.8. The Hall–Kier alpha value is -1.10. The number of aliphatic carboxylic acids is 1. The number of carboxylic acid groups (broad SMARTS) is 1. The molecule has 5 nitrogen and oxygen atoms in total. The van der Waals surface area contributed by atoms with Crippen LogP contribution in [0.2, 0.25) is 0 Å². The Bertz CT molecular complexity index is 282. The Morgan fingerprint density at radius 3 is 2.27 bits per heavy atom. The third-order valence-electron chi connectivity index (χ3n) is 3.40. The van der Waals surface area contributed by atoms with Gasteiger partial charge in [-0.1, -0.05) is 0 Å². The van der Waals surface area contributed by atoms with Crippen LogP contribution in [0.25, 0.3) is 0 Å². The highest BCUT2D eigenvalue weighted by molar-refractivity contribution is 5.83. The Morgan fingerprint density at radius 1 is 1.27 bits per heavy atom. The van der Waals surface area contributed by atoms with Gasteiger partial charge in [-0.2, -0.15) is 0 Å². The standard InChI is InChI=1S/C10H16N2O3/c13-8(12-5-2-6-12)7-11-10(9(14)15)3-1-4-10/h11H,1-7H2,(H,14,15). The van der Waals surface area contributed by atoms with Crippen LogP contribution < -0.4 is 5.32 Å². The monoisotopic (exact) mass is 212 g/mol. The smallest absolute Gasteiger partial charge is 0.323 e. The van der Waals surface area contributed by atoms with Gasteiger partial charge in [0, 0.05) is 13.1 Å². The molecule has 2 N–H and O–H groups in total. The predicted molar refractivity (Wildman–Crippen MR) is 53.4 cm³/mol. The largest absolute Gasteiger partial charge is 0.480 e.